The summed E-state index contributed by atoms with van der Waals surface area (Å²) in [7, 11) is 0. The van der Waals surface area contributed by atoms with Gasteiger partial charge in [0, 0.05) is 17.7 Å². The van der Waals surface area contributed by atoms with Crippen LogP contribution in [-0.2, 0) is 6.54 Å². The molecular formula is C23H24N4O3. The summed E-state index contributed by atoms with van der Waals surface area (Å²) in [6.45, 7) is 4.45. The molecule has 5 rings (SSSR count). The van der Waals surface area contributed by atoms with E-state index in [0.29, 0.717) is 35.8 Å². The van der Waals surface area contributed by atoms with E-state index in [4.69, 9.17) is 4.74 Å². The number of nitrogens with zero attached hydrogens (tertiary/aromatic N) is 3. The molecule has 0 saturated heterocycles. The minimum atomic E-state index is -0.220. The van der Waals surface area contributed by atoms with Gasteiger partial charge in [-0.25, -0.2) is 0 Å². The molecule has 2 aliphatic rings. The molecule has 154 valence electrons. The number of amides is 1. The molecule has 3 heterocycles. The molecule has 1 aliphatic carbocycles. The fourth-order valence-corrected chi connectivity index (χ4v) is 4.48. The van der Waals surface area contributed by atoms with Gasteiger partial charge in [-0.3, -0.25) is 9.59 Å². The van der Waals surface area contributed by atoms with E-state index in [-0.39, 0.29) is 17.5 Å². The van der Waals surface area contributed by atoms with E-state index in [1.54, 1.807) is 12.1 Å². The number of H-pyrrole nitrogens is 1. The van der Waals surface area contributed by atoms with Crippen LogP contribution in [0.25, 0.3) is 16.9 Å². The third-order valence-electron chi connectivity index (χ3n) is 6.05. The molecule has 0 bridgehead atoms. The monoisotopic (exact) mass is 404 g/mol. The zero-order chi connectivity index (χ0) is 20.7. The number of aromatic nitrogens is 3. The first-order chi connectivity index (χ1) is 14.7. The maximum absolute atomic E-state index is 13.1. The van der Waals surface area contributed by atoms with Crippen molar-refractivity contribution in [3.63, 3.8) is 0 Å². The Kier molecular flexibility index (Phi) is 4.65. The number of nitrogens with one attached hydrogen (secondary N) is 1. The summed E-state index contributed by atoms with van der Waals surface area (Å²) in [6.07, 6.45) is 7.23. The molecule has 1 aromatic carbocycles. The first-order valence-electron chi connectivity index (χ1n) is 10.5. The van der Waals surface area contributed by atoms with E-state index in [9.17, 15) is 9.59 Å². The van der Waals surface area contributed by atoms with Crippen molar-refractivity contribution in [2.75, 3.05) is 6.61 Å². The fourth-order valence-electron chi connectivity index (χ4n) is 4.48. The van der Waals surface area contributed by atoms with Crippen molar-refractivity contribution in [3.05, 3.63) is 64.6 Å². The van der Waals surface area contributed by atoms with Gasteiger partial charge in [-0.15, -0.1) is 0 Å². The van der Waals surface area contributed by atoms with Gasteiger partial charge in [-0.05, 0) is 37.1 Å². The lowest BCUT2D eigenvalue weighted by atomic mass is 9.94. The Morgan fingerprint density at radius 2 is 1.93 bits per heavy atom. The normalized spacial score (nSPS) is 16.8. The van der Waals surface area contributed by atoms with Crippen LogP contribution in [0.15, 0.2) is 47.8 Å². The molecule has 7 heteroatoms. The van der Waals surface area contributed by atoms with Crippen molar-refractivity contribution in [1.29, 1.82) is 0 Å². The summed E-state index contributed by atoms with van der Waals surface area (Å²) in [5.74, 6) is 0.675. The highest BCUT2D eigenvalue weighted by Gasteiger charge is 2.36. The minimum Gasteiger partial charge on any atom is -0.490 e. The number of aromatic amines is 1. The van der Waals surface area contributed by atoms with Gasteiger partial charge in [0.25, 0.3) is 11.5 Å². The minimum absolute atomic E-state index is 0.0667. The van der Waals surface area contributed by atoms with Crippen LogP contribution in [0.5, 0.6) is 5.75 Å². The maximum atomic E-state index is 13.1. The van der Waals surface area contributed by atoms with Crippen LogP contribution in [0.1, 0.15) is 48.2 Å². The molecule has 30 heavy (non-hydrogen) atoms. The summed E-state index contributed by atoms with van der Waals surface area (Å²) < 4.78 is 6.88. The van der Waals surface area contributed by atoms with Crippen LogP contribution in [0.3, 0.4) is 0 Å². The van der Waals surface area contributed by atoms with Gasteiger partial charge in [0.05, 0.1) is 17.8 Å². The zero-order valence-electron chi connectivity index (χ0n) is 16.8. The summed E-state index contributed by atoms with van der Waals surface area (Å²) in [6, 6.07) is 9.54. The van der Waals surface area contributed by atoms with Crippen molar-refractivity contribution >= 4 is 11.6 Å². The Labute approximate surface area is 174 Å². The number of carbonyl (C=O) groups is 1. The van der Waals surface area contributed by atoms with Crippen LogP contribution in [-0.4, -0.2) is 38.1 Å². The van der Waals surface area contributed by atoms with Crippen molar-refractivity contribution in [1.82, 2.24) is 19.5 Å². The largest absolute Gasteiger partial charge is 0.490 e. The summed E-state index contributed by atoms with van der Waals surface area (Å²) >= 11 is 0. The van der Waals surface area contributed by atoms with Crippen LogP contribution >= 0.6 is 0 Å². The number of rotatable bonds is 5. The molecule has 0 atom stereocenters. The average molecular weight is 404 g/mol. The Hall–Kier alpha value is -3.35. The summed E-state index contributed by atoms with van der Waals surface area (Å²) in [5.41, 5.74) is 2.77. The second-order valence-electron chi connectivity index (χ2n) is 7.96. The first kappa shape index (κ1) is 18.7. The van der Waals surface area contributed by atoms with Crippen LogP contribution < -0.4 is 10.3 Å². The van der Waals surface area contributed by atoms with Gasteiger partial charge in [0.15, 0.2) is 0 Å². The lowest BCUT2D eigenvalue weighted by molar-refractivity contribution is 0.0656. The van der Waals surface area contributed by atoms with Crippen molar-refractivity contribution in [2.24, 2.45) is 0 Å². The quantitative estimate of drug-likeness (QED) is 0.660. The average Bonchev–Trinajstić information content (AvgIpc) is 3.36. The van der Waals surface area contributed by atoms with Gasteiger partial charge in [-0.1, -0.05) is 31.9 Å². The van der Waals surface area contributed by atoms with E-state index < -0.39 is 0 Å². The Morgan fingerprint density at radius 3 is 2.67 bits per heavy atom. The lowest BCUT2D eigenvalue weighted by Crippen LogP contribution is -2.37. The SMILES string of the molecule is C=CCOc1ccc(-c2cc3[nH]c4c(c(=O)n3n2)CN(C2CCCCC2)C4=O)cc1. The molecule has 3 aromatic rings. The highest BCUT2D eigenvalue weighted by atomic mass is 16.5. The van der Waals surface area contributed by atoms with Crippen LogP contribution in [0.2, 0.25) is 0 Å². The molecule has 1 amide bonds. The molecule has 0 spiro atoms. The molecule has 1 N–H and O–H groups in total. The van der Waals surface area contributed by atoms with E-state index in [0.717, 1.165) is 37.0 Å². The molecule has 0 radical (unpaired) electrons. The molecule has 2 aromatic heterocycles. The molecular weight excluding hydrogens is 380 g/mol. The second kappa shape index (κ2) is 7.48. The standard InChI is InChI=1S/C23H24N4O3/c1-2-12-30-17-10-8-15(9-11-17)19-13-20-24-21-18(22(28)27(20)25-19)14-26(23(21)29)16-6-4-3-5-7-16/h2,8-11,13,16,24H,1,3-7,12,14H2. The smallest absolute Gasteiger partial charge is 0.280 e. The van der Waals surface area contributed by atoms with Gasteiger partial charge in [0.2, 0.25) is 0 Å². The predicted octanol–water partition coefficient (Wildman–Crippen LogP) is 3.54. The second-order valence-corrected chi connectivity index (χ2v) is 7.96. The van der Waals surface area contributed by atoms with E-state index >= 15 is 0 Å². The number of fused-ring (bicyclic) bond motifs is 2. The topological polar surface area (TPSA) is 79.7 Å². The zero-order valence-corrected chi connectivity index (χ0v) is 16.8. The Bertz CT molecular complexity index is 1170. The number of benzene rings is 1. The Balaban J connectivity index is 1.46. The van der Waals surface area contributed by atoms with Crippen molar-refractivity contribution < 1.29 is 9.53 Å². The van der Waals surface area contributed by atoms with Crippen LogP contribution in [0.4, 0.5) is 0 Å². The summed E-state index contributed by atoms with van der Waals surface area (Å²) in [5, 5.41) is 4.50. The number of ether oxygens (including phenoxy) is 1. The number of hydrogen-bond acceptors (Lipinski definition) is 4. The van der Waals surface area contributed by atoms with Gasteiger partial charge >= 0.3 is 0 Å². The fraction of sp³-hybridized carbons (Fsp3) is 0.348. The highest BCUT2D eigenvalue weighted by Crippen LogP contribution is 2.29. The third-order valence-corrected chi connectivity index (χ3v) is 6.05. The van der Waals surface area contributed by atoms with Gasteiger partial charge < -0.3 is 14.6 Å². The van der Waals surface area contributed by atoms with Crippen molar-refractivity contribution in [2.45, 2.75) is 44.7 Å². The molecule has 0 unspecified atom stereocenters. The summed E-state index contributed by atoms with van der Waals surface area (Å²) in [4.78, 5) is 31.1. The van der Waals surface area contributed by atoms with Gasteiger partial charge in [-0.2, -0.15) is 9.61 Å². The molecule has 1 fully saturated rings. The van der Waals surface area contributed by atoms with E-state index in [1.165, 1.54) is 10.9 Å². The number of hydrogen-bond donors (Lipinski definition) is 1. The first-order valence-corrected chi connectivity index (χ1v) is 10.5. The number of carbonyl (C=O) groups excluding carboxylic acids is 1. The third kappa shape index (κ3) is 3.10. The lowest BCUT2D eigenvalue weighted by Gasteiger charge is -2.30. The molecule has 1 aliphatic heterocycles. The van der Waals surface area contributed by atoms with Gasteiger partial charge in [0.1, 0.15) is 23.7 Å². The maximum Gasteiger partial charge on any atom is 0.280 e. The highest BCUT2D eigenvalue weighted by molar-refractivity contribution is 5.97. The van der Waals surface area contributed by atoms with E-state index in [2.05, 4.69) is 16.7 Å². The van der Waals surface area contributed by atoms with E-state index in [1.807, 2.05) is 29.2 Å². The Morgan fingerprint density at radius 1 is 1.17 bits per heavy atom. The molecule has 1 saturated carbocycles. The predicted molar refractivity (Wildman–Crippen MR) is 114 cm³/mol. The van der Waals surface area contributed by atoms with Crippen molar-refractivity contribution in [3.8, 4) is 17.0 Å². The molecule has 7 nitrogen and oxygen atoms in total. The van der Waals surface area contributed by atoms with Crippen LogP contribution in [0, 0.1) is 0 Å².